The van der Waals surface area contributed by atoms with E-state index in [4.69, 9.17) is 0 Å². The number of halogens is 1. The molecule has 6 nitrogen and oxygen atoms in total. The first-order chi connectivity index (χ1) is 12.6. The molecule has 2 aromatic rings. The minimum absolute atomic E-state index is 0. The first-order valence-electron chi connectivity index (χ1n) is 8.34. The average molecular weight is 450 g/mol. The van der Waals surface area contributed by atoms with Crippen LogP contribution in [0, 0.1) is 17.0 Å². The number of nitro benzene ring substituents is 1. The van der Waals surface area contributed by atoms with Gasteiger partial charge in [0.15, 0.2) is 11.0 Å². The first kappa shape index (κ1) is 21.1. The maximum absolute atomic E-state index is 12.8. The van der Waals surface area contributed by atoms with Gasteiger partial charge in [-0.05, 0) is 37.1 Å². The number of nitro groups is 1. The third kappa shape index (κ3) is 5.17. The fraction of sp³-hybridized carbons (Fsp3) is 0.263. The van der Waals surface area contributed by atoms with Crippen molar-refractivity contribution in [2.45, 2.75) is 13.3 Å². The maximum Gasteiger partial charge on any atom is 0.269 e. The molecule has 8 heteroatoms. The molecule has 0 atom stereocenters. The van der Waals surface area contributed by atoms with Gasteiger partial charge in [-0.1, -0.05) is 30.0 Å². The SMILES string of the molecule is Br.Cc1ccccc1N(CC(=O)c1ccc([N+](=O)[O-])cc1)C1=NCCCS1. The summed E-state index contributed by atoms with van der Waals surface area (Å²) in [4.78, 5) is 29.6. The van der Waals surface area contributed by atoms with E-state index in [9.17, 15) is 14.9 Å². The first-order valence-corrected chi connectivity index (χ1v) is 9.33. The lowest BCUT2D eigenvalue weighted by Gasteiger charge is -2.28. The van der Waals surface area contributed by atoms with Crippen molar-refractivity contribution in [1.29, 1.82) is 0 Å². The van der Waals surface area contributed by atoms with E-state index < -0.39 is 4.92 Å². The standard InChI is InChI=1S/C19H19N3O3S.BrH/c1-14-5-2-3-6-17(14)21(19-20-11-4-12-26-19)13-18(23)15-7-9-16(10-8-15)22(24)25;/h2-3,5-10H,4,11-13H2,1H3;1H. The second-order valence-electron chi connectivity index (χ2n) is 5.97. The number of anilines is 1. The predicted molar refractivity (Wildman–Crippen MR) is 116 cm³/mol. The number of carbonyl (C=O) groups excluding carboxylic acids is 1. The quantitative estimate of drug-likeness (QED) is 0.376. The molecule has 1 heterocycles. The molecule has 0 aliphatic carbocycles. The van der Waals surface area contributed by atoms with E-state index in [1.807, 2.05) is 36.1 Å². The number of nitrogens with zero attached hydrogens (tertiary/aromatic N) is 3. The summed E-state index contributed by atoms with van der Waals surface area (Å²) in [6.45, 7) is 2.91. The number of non-ortho nitro benzene ring substituents is 1. The molecule has 0 aromatic heterocycles. The Morgan fingerprint density at radius 2 is 1.93 bits per heavy atom. The highest BCUT2D eigenvalue weighted by atomic mass is 79.9. The summed E-state index contributed by atoms with van der Waals surface area (Å²) < 4.78 is 0. The van der Waals surface area contributed by atoms with Gasteiger partial charge >= 0.3 is 0 Å². The number of carbonyl (C=O) groups is 1. The Bertz CT molecular complexity index is 856. The van der Waals surface area contributed by atoms with Gasteiger partial charge in [0.25, 0.3) is 5.69 Å². The summed E-state index contributed by atoms with van der Waals surface area (Å²) in [5, 5.41) is 11.6. The Hall–Kier alpha value is -2.19. The lowest BCUT2D eigenvalue weighted by Crippen LogP contribution is -2.36. The smallest absolute Gasteiger partial charge is 0.269 e. The number of aryl methyl sites for hydroxylation is 1. The molecule has 1 aliphatic heterocycles. The number of ketones is 1. The number of para-hydroxylation sites is 1. The summed E-state index contributed by atoms with van der Waals surface area (Å²) in [5.41, 5.74) is 2.45. The number of hydrogen-bond donors (Lipinski definition) is 0. The van der Waals surface area contributed by atoms with Gasteiger partial charge in [-0.3, -0.25) is 19.9 Å². The van der Waals surface area contributed by atoms with Crippen molar-refractivity contribution >= 4 is 51.1 Å². The lowest BCUT2D eigenvalue weighted by molar-refractivity contribution is -0.384. The molecule has 0 N–H and O–H groups in total. The van der Waals surface area contributed by atoms with E-state index in [2.05, 4.69) is 4.99 Å². The number of amidine groups is 1. The van der Waals surface area contributed by atoms with Crippen LogP contribution in [0.2, 0.25) is 0 Å². The van der Waals surface area contributed by atoms with Crippen LogP contribution in [0.3, 0.4) is 0 Å². The maximum atomic E-state index is 12.8. The molecule has 0 amide bonds. The van der Waals surface area contributed by atoms with E-state index >= 15 is 0 Å². The molecule has 0 unspecified atom stereocenters. The van der Waals surface area contributed by atoms with Crippen molar-refractivity contribution in [1.82, 2.24) is 0 Å². The zero-order valence-corrected chi connectivity index (χ0v) is 17.4. The number of rotatable bonds is 5. The highest BCUT2D eigenvalue weighted by Gasteiger charge is 2.22. The van der Waals surface area contributed by atoms with E-state index in [0.717, 1.165) is 35.1 Å². The molecule has 0 fully saturated rings. The number of hydrogen-bond acceptors (Lipinski definition) is 6. The van der Waals surface area contributed by atoms with E-state index in [0.29, 0.717) is 5.56 Å². The van der Waals surface area contributed by atoms with Gasteiger partial charge < -0.3 is 4.90 Å². The zero-order chi connectivity index (χ0) is 18.5. The van der Waals surface area contributed by atoms with Crippen LogP contribution in [-0.4, -0.2) is 34.7 Å². The molecule has 0 radical (unpaired) electrons. The Balaban J connectivity index is 0.00000261. The van der Waals surface area contributed by atoms with Crippen LogP contribution in [0.1, 0.15) is 22.3 Å². The van der Waals surface area contributed by atoms with E-state index in [1.165, 1.54) is 24.3 Å². The van der Waals surface area contributed by atoms with Crippen LogP contribution in [0.25, 0.3) is 0 Å². The molecule has 0 spiro atoms. The fourth-order valence-electron chi connectivity index (χ4n) is 2.74. The van der Waals surface area contributed by atoms with Gasteiger partial charge in [0.1, 0.15) is 0 Å². The molecule has 0 saturated carbocycles. The Kier molecular flexibility index (Phi) is 7.55. The third-order valence-corrected chi connectivity index (χ3v) is 5.22. The van der Waals surface area contributed by atoms with Crippen LogP contribution in [0.4, 0.5) is 11.4 Å². The number of thioether (sulfide) groups is 1. The largest absolute Gasteiger partial charge is 0.313 e. The Labute approximate surface area is 172 Å². The normalized spacial score (nSPS) is 13.3. The summed E-state index contributed by atoms with van der Waals surface area (Å²) >= 11 is 1.65. The van der Waals surface area contributed by atoms with Gasteiger partial charge in [-0.25, -0.2) is 0 Å². The minimum atomic E-state index is -0.471. The third-order valence-electron chi connectivity index (χ3n) is 4.12. The lowest BCUT2D eigenvalue weighted by atomic mass is 10.1. The van der Waals surface area contributed by atoms with Crippen LogP contribution < -0.4 is 4.90 Å². The Morgan fingerprint density at radius 3 is 2.52 bits per heavy atom. The summed E-state index contributed by atoms with van der Waals surface area (Å²) in [5.74, 6) is 0.879. The molecular formula is C19H20BrN3O3S. The second-order valence-corrected chi connectivity index (χ2v) is 7.03. The summed E-state index contributed by atoms with van der Waals surface area (Å²) in [7, 11) is 0. The van der Waals surface area contributed by atoms with Crippen LogP contribution >= 0.6 is 28.7 Å². The Morgan fingerprint density at radius 1 is 1.22 bits per heavy atom. The second kappa shape index (κ2) is 9.66. The van der Waals surface area contributed by atoms with Gasteiger partial charge in [0.05, 0.1) is 11.5 Å². The fourth-order valence-corrected chi connectivity index (χ4v) is 3.69. The monoisotopic (exact) mass is 449 g/mol. The molecular weight excluding hydrogens is 430 g/mol. The number of benzene rings is 2. The van der Waals surface area contributed by atoms with Crippen molar-refractivity contribution in [3.63, 3.8) is 0 Å². The van der Waals surface area contributed by atoms with Crippen LogP contribution in [-0.2, 0) is 0 Å². The molecule has 1 aliphatic rings. The molecule has 0 bridgehead atoms. The van der Waals surface area contributed by atoms with Gasteiger partial charge in [-0.2, -0.15) is 0 Å². The van der Waals surface area contributed by atoms with Crippen LogP contribution in [0.5, 0.6) is 0 Å². The zero-order valence-electron chi connectivity index (χ0n) is 14.8. The highest BCUT2D eigenvalue weighted by Crippen LogP contribution is 2.26. The molecule has 2 aromatic carbocycles. The van der Waals surface area contributed by atoms with Gasteiger partial charge in [0, 0.05) is 35.7 Å². The van der Waals surface area contributed by atoms with Gasteiger partial charge in [0.2, 0.25) is 0 Å². The summed E-state index contributed by atoms with van der Waals surface area (Å²) in [6, 6.07) is 13.6. The van der Waals surface area contributed by atoms with Gasteiger partial charge in [-0.15, -0.1) is 17.0 Å². The minimum Gasteiger partial charge on any atom is -0.313 e. The predicted octanol–water partition coefficient (Wildman–Crippen LogP) is 4.66. The number of Topliss-reactive ketones (excluding diaryl/α,β-unsaturated/α-hetero) is 1. The van der Waals surface area contributed by atoms with E-state index in [1.54, 1.807) is 11.8 Å². The molecule has 0 saturated heterocycles. The number of aliphatic imine (C=N–C) groups is 1. The van der Waals surface area contributed by atoms with Crippen molar-refractivity contribution < 1.29 is 9.72 Å². The van der Waals surface area contributed by atoms with Crippen molar-refractivity contribution in [2.75, 3.05) is 23.7 Å². The topological polar surface area (TPSA) is 75.8 Å². The highest BCUT2D eigenvalue weighted by molar-refractivity contribution is 8.93. The molecule has 142 valence electrons. The van der Waals surface area contributed by atoms with Crippen molar-refractivity contribution in [2.24, 2.45) is 4.99 Å². The van der Waals surface area contributed by atoms with Crippen molar-refractivity contribution in [3.05, 3.63) is 69.8 Å². The molecule has 3 rings (SSSR count). The average Bonchev–Trinajstić information content (AvgIpc) is 2.67. The van der Waals surface area contributed by atoms with E-state index in [-0.39, 0.29) is 35.0 Å². The van der Waals surface area contributed by atoms with Crippen molar-refractivity contribution in [3.8, 4) is 0 Å². The summed E-state index contributed by atoms with van der Waals surface area (Å²) in [6.07, 6.45) is 1.03. The molecule has 27 heavy (non-hydrogen) atoms. The van der Waals surface area contributed by atoms with Crippen LogP contribution in [0.15, 0.2) is 53.5 Å².